The standard InChI is InChI=1S/C21H42N4O2.HI/c1-6-22-20(24-18-9-11-25(12-10-18)13-15-26-5)23-16-17-8-7-14-27-19(17)21(2,3)4;/h17-19H,6-16H2,1-5H3,(H2,22,23,24);1H. The van der Waals surface area contributed by atoms with Crippen LogP contribution in [0.1, 0.15) is 53.4 Å². The maximum atomic E-state index is 6.12. The van der Waals surface area contributed by atoms with Crippen molar-refractivity contribution in [3.8, 4) is 0 Å². The van der Waals surface area contributed by atoms with Crippen LogP contribution in [-0.4, -0.2) is 76.1 Å². The zero-order valence-electron chi connectivity index (χ0n) is 18.6. The van der Waals surface area contributed by atoms with Gasteiger partial charge in [0.1, 0.15) is 0 Å². The minimum Gasteiger partial charge on any atom is -0.383 e. The van der Waals surface area contributed by atoms with Gasteiger partial charge in [0, 0.05) is 58.4 Å². The fourth-order valence-corrected chi connectivity index (χ4v) is 4.23. The SMILES string of the molecule is CCNC(=NCC1CCCOC1C(C)(C)C)NC1CCN(CCOC)CC1.I. The molecular formula is C21H43IN4O2. The summed E-state index contributed by atoms with van der Waals surface area (Å²) in [7, 11) is 1.77. The number of guanidine groups is 1. The number of nitrogens with zero attached hydrogens (tertiary/aromatic N) is 2. The van der Waals surface area contributed by atoms with Gasteiger partial charge in [0.15, 0.2) is 5.96 Å². The van der Waals surface area contributed by atoms with Crippen molar-refractivity contribution in [3.63, 3.8) is 0 Å². The van der Waals surface area contributed by atoms with Crippen LogP contribution in [0.3, 0.4) is 0 Å². The molecule has 166 valence electrons. The number of methoxy groups -OCH3 is 1. The van der Waals surface area contributed by atoms with E-state index in [1.165, 1.54) is 6.42 Å². The maximum absolute atomic E-state index is 6.12. The highest BCUT2D eigenvalue weighted by atomic mass is 127. The van der Waals surface area contributed by atoms with Crippen molar-refractivity contribution >= 4 is 29.9 Å². The normalized spacial score (nSPS) is 25.2. The second kappa shape index (κ2) is 13.2. The van der Waals surface area contributed by atoms with Crippen LogP contribution in [-0.2, 0) is 9.47 Å². The van der Waals surface area contributed by atoms with Crippen LogP contribution >= 0.6 is 24.0 Å². The second-order valence-electron chi connectivity index (χ2n) is 9.03. The summed E-state index contributed by atoms with van der Waals surface area (Å²) < 4.78 is 11.3. The third-order valence-electron chi connectivity index (χ3n) is 5.67. The summed E-state index contributed by atoms with van der Waals surface area (Å²) in [6, 6.07) is 0.502. The first-order valence-electron chi connectivity index (χ1n) is 10.8. The maximum Gasteiger partial charge on any atom is 0.191 e. The Morgan fingerprint density at radius 2 is 1.93 bits per heavy atom. The first-order valence-corrected chi connectivity index (χ1v) is 10.8. The highest BCUT2D eigenvalue weighted by molar-refractivity contribution is 14.0. The van der Waals surface area contributed by atoms with Crippen molar-refractivity contribution in [1.82, 2.24) is 15.5 Å². The van der Waals surface area contributed by atoms with E-state index in [9.17, 15) is 0 Å². The molecule has 2 aliphatic heterocycles. The van der Waals surface area contributed by atoms with Crippen molar-refractivity contribution in [1.29, 1.82) is 0 Å². The number of nitrogens with one attached hydrogen (secondary N) is 2. The van der Waals surface area contributed by atoms with Crippen LogP contribution < -0.4 is 10.6 Å². The largest absolute Gasteiger partial charge is 0.383 e. The lowest BCUT2D eigenvalue weighted by molar-refractivity contribution is -0.0823. The van der Waals surface area contributed by atoms with Gasteiger partial charge in [-0.2, -0.15) is 0 Å². The summed E-state index contributed by atoms with van der Waals surface area (Å²) >= 11 is 0. The molecule has 0 bridgehead atoms. The fourth-order valence-electron chi connectivity index (χ4n) is 4.23. The Labute approximate surface area is 189 Å². The average molecular weight is 511 g/mol. The van der Waals surface area contributed by atoms with Gasteiger partial charge in [-0.05, 0) is 38.0 Å². The van der Waals surface area contributed by atoms with Crippen LogP contribution in [0.25, 0.3) is 0 Å². The van der Waals surface area contributed by atoms with Crippen LogP contribution in [0.4, 0.5) is 0 Å². The molecule has 6 nitrogen and oxygen atoms in total. The number of rotatable bonds is 7. The Balaban J connectivity index is 0.00000392. The summed E-state index contributed by atoms with van der Waals surface area (Å²) in [5.41, 5.74) is 0.168. The minimum absolute atomic E-state index is 0. The van der Waals surface area contributed by atoms with E-state index in [0.717, 1.165) is 71.2 Å². The molecule has 2 N–H and O–H groups in total. The molecule has 2 aliphatic rings. The zero-order valence-corrected chi connectivity index (χ0v) is 21.0. The molecule has 0 aromatic carbocycles. The van der Waals surface area contributed by atoms with Gasteiger partial charge in [0.05, 0.1) is 12.7 Å². The lowest BCUT2D eigenvalue weighted by Crippen LogP contribution is -2.49. The van der Waals surface area contributed by atoms with E-state index < -0.39 is 0 Å². The zero-order chi connectivity index (χ0) is 19.7. The van der Waals surface area contributed by atoms with Crippen molar-refractivity contribution in [2.24, 2.45) is 16.3 Å². The van der Waals surface area contributed by atoms with Gasteiger partial charge in [-0.3, -0.25) is 4.99 Å². The highest BCUT2D eigenvalue weighted by Crippen LogP contribution is 2.34. The number of piperidine rings is 1. The lowest BCUT2D eigenvalue weighted by Gasteiger charge is -2.39. The first kappa shape index (κ1) is 25.9. The second-order valence-corrected chi connectivity index (χ2v) is 9.03. The smallest absolute Gasteiger partial charge is 0.191 e. The molecule has 0 saturated carbocycles. The fraction of sp³-hybridized carbons (Fsp3) is 0.952. The van der Waals surface area contributed by atoms with Gasteiger partial charge < -0.3 is 25.0 Å². The molecule has 0 aromatic rings. The molecule has 2 unspecified atom stereocenters. The molecule has 2 rings (SSSR count). The summed E-state index contributed by atoms with van der Waals surface area (Å²) in [6.45, 7) is 15.7. The Morgan fingerprint density at radius 1 is 1.21 bits per heavy atom. The predicted octanol–water partition coefficient (Wildman–Crippen LogP) is 3.11. The third kappa shape index (κ3) is 8.71. The molecule has 0 aromatic heterocycles. The Kier molecular flexibility index (Phi) is 12.3. The van der Waals surface area contributed by atoms with E-state index in [1.807, 2.05) is 0 Å². The molecule has 0 aliphatic carbocycles. The van der Waals surface area contributed by atoms with Crippen LogP contribution in [0.5, 0.6) is 0 Å². The topological polar surface area (TPSA) is 58.1 Å². The molecule has 28 heavy (non-hydrogen) atoms. The van der Waals surface area contributed by atoms with E-state index in [4.69, 9.17) is 14.5 Å². The van der Waals surface area contributed by atoms with Crippen molar-refractivity contribution in [2.45, 2.75) is 65.5 Å². The Bertz CT molecular complexity index is 448. The van der Waals surface area contributed by atoms with Gasteiger partial charge in [-0.25, -0.2) is 0 Å². The molecule has 2 atom stereocenters. The molecule has 2 heterocycles. The monoisotopic (exact) mass is 510 g/mol. The predicted molar refractivity (Wildman–Crippen MR) is 128 cm³/mol. The number of ether oxygens (including phenoxy) is 2. The number of halogens is 1. The Morgan fingerprint density at radius 3 is 2.54 bits per heavy atom. The van der Waals surface area contributed by atoms with Crippen molar-refractivity contribution in [2.75, 3.05) is 53.0 Å². The average Bonchev–Trinajstić information content (AvgIpc) is 2.65. The number of aliphatic imine (C=N–C) groups is 1. The lowest BCUT2D eigenvalue weighted by atomic mass is 9.78. The summed E-state index contributed by atoms with van der Waals surface area (Å²) in [6.07, 6.45) is 4.97. The summed E-state index contributed by atoms with van der Waals surface area (Å²) in [5, 5.41) is 7.10. The summed E-state index contributed by atoms with van der Waals surface area (Å²) in [5.74, 6) is 1.47. The molecule has 0 amide bonds. The van der Waals surface area contributed by atoms with E-state index in [-0.39, 0.29) is 29.4 Å². The highest BCUT2D eigenvalue weighted by Gasteiger charge is 2.35. The minimum atomic E-state index is 0. The summed E-state index contributed by atoms with van der Waals surface area (Å²) in [4.78, 5) is 7.43. The molecule has 0 radical (unpaired) electrons. The number of hydrogen-bond donors (Lipinski definition) is 2. The van der Waals surface area contributed by atoms with Crippen molar-refractivity contribution in [3.05, 3.63) is 0 Å². The van der Waals surface area contributed by atoms with Gasteiger partial charge >= 0.3 is 0 Å². The Hall–Kier alpha value is -0.120. The number of likely N-dealkylation sites (tertiary alicyclic amines) is 1. The van der Waals surface area contributed by atoms with Gasteiger partial charge in [-0.1, -0.05) is 20.8 Å². The molecule has 7 heteroatoms. The van der Waals surface area contributed by atoms with E-state index in [2.05, 4.69) is 43.2 Å². The van der Waals surface area contributed by atoms with Gasteiger partial charge in [-0.15, -0.1) is 24.0 Å². The van der Waals surface area contributed by atoms with E-state index in [0.29, 0.717) is 18.1 Å². The molecular weight excluding hydrogens is 467 g/mol. The molecule has 2 fully saturated rings. The van der Waals surface area contributed by atoms with E-state index in [1.54, 1.807) is 7.11 Å². The van der Waals surface area contributed by atoms with E-state index >= 15 is 0 Å². The van der Waals surface area contributed by atoms with Crippen LogP contribution in [0.2, 0.25) is 0 Å². The molecule has 0 spiro atoms. The first-order chi connectivity index (χ1) is 12.9. The quantitative estimate of drug-likeness (QED) is 0.313. The van der Waals surface area contributed by atoms with Crippen LogP contribution in [0, 0.1) is 11.3 Å². The molecule has 2 saturated heterocycles. The van der Waals surface area contributed by atoms with Crippen LogP contribution in [0.15, 0.2) is 4.99 Å². The van der Waals surface area contributed by atoms with Gasteiger partial charge in [0.2, 0.25) is 0 Å². The van der Waals surface area contributed by atoms with Gasteiger partial charge in [0.25, 0.3) is 0 Å². The van der Waals surface area contributed by atoms with Crippen molar-refractivity contribution < 1.29 is 9.47 Å². The number of hydrogen-bond acceptors (Lipinski definition) is 4. The third-order valence-corrected chi connectivity index (χ3v) is 5.67.